The second kappa shape index (κ2) is 10.0. The fourth-order valence-electron chi connectivity index (χ4n) is 6.50. The Morgan fingerprint density at radius 2 is 1.76 bits per heavy atom. The first-order chi connectivity index (χ1) is 17.9. The predicted octanol–water partition coefficient (Wildman–Crippen LogP) is 6.88. The average Bonchev–Trinajstić information content (AvgIpc) is 3.58. The molecule has 1 spiro atoms. The fraction of sp³-hybridized carbons (Fsp3) is 0.667. The first kappa shape index (κ1) is 27.3. The third kappa shape index (κ3) is 5.28. The van der Waals surface area contributed by atoms with Crippen molar-refractivity contribution in [2.24, 2.45) is 5.92 Å². The number of hydrogen-bond donors (Lipinski definition) is 2. The Hall–Kier alpha value is -2.27. The van der Waals surface area contributed by atoms with Crippen LogP contribution in [0.4, 0.5) is 0 Å². The van der Waals surface area contributed by atoms with Crippen LogP contribution in [0.3, 0.4) is 0 Å². The predicted molar refractivity (Wildman–Crippen MR) is 156 cm³/mol. The third-order valence-electron chi connectivity index (χ3n) is 9.59. The molecular formula is C33H49N3O2. The van der Waals surface area contributed by atoms with Gasteiger partial charge in [-0.1, -0.05) is 40.0 Å². The topological polar surface area (TPSA) is 55.3 Å². The van der Waals surface area contributed by atoms with Gasteiger partial charge in [0.05, 0.1) is 12.2 Å². The first-order valence-electron chi connectivity index (χ1n) is 14.9. The molecule has 0 saturated heterocycles. The summed E-state index contributed by atoms with van der Waals surface area (Å²) in [5.74, 6) is 1.82. The zero-order valence-corrected chi connectivity index (χ0v) is 24.9. The van der Waals surface area contributed by atoms with Gasteiger partial charge in [0.2, 0.25) is 0 Å². The van der Waals surface area contributed by atoms with E-state index < -0.39 is 0 Å². The highest BCUT2D eigenvalue weighted by Crippen LogP contribution is 2.58. The number of aromatic nitrogens is 1. The summed E-state index contributed by atoms with van der Waals surface area (Å²) in [7, 11) is 1.94. The van der Waals surface area contributed by atoms with Gasteiger partial charge in [-0.15, -0.1) is 0 Å². The Balaban J connectivity index is 1.60. The zero-order valence-electron chi connectivity index (χ0n) is 24.9. The van der Waals surface area contributed by atoms with Gasteiger partial charge in [-0.25, -0.2) is 0 Å². The van der Waals surface area contributed by atoms with Crippen LogP contribution in [-0.4, -0.2) is 36.2 Å². The van der Waals surface area contributed by atoms with Crippen LogP contribution in [0.25, 0.3) is 11.3 Å². The molecule has 0 unspecified atom stereocenters. The molecule has 2 aromatic rings. The average molecular weight is 520 g/mol. The molecule has 1 aliphatic heterocycles. The van der Waals surface area contributed by atoms with Crippen molar-refractivity contribution >= 4 is 5.91 Å². The lowest BCUT2D eigenvalue weighted by atomic mass is 9.79. The normalized spacial score (nSPS) is 19.2. The molecule has 5 heteroatoms. The van der Waals surface area contributed by atoms with Crippen molar-refractivity contribution in [2.75, 3.05) is 20.2 Å². The molecule has 38 heavy (non-hydrogen) atoms. The largest absolute Gasteiger partial charge is 0.493 e. The van der Waals surface area contributed by atoms with Crippen LogP contribution in [0, 0.1) is 12.8 Å². The second-order valence-corrected chi connectivity index (χ2v) is 14.0. The minimum atomic E-state index is -0.157. The fourth-order valence-corrected chi connectivity index (χ4v) is 6.50. The van der Waals surface area contributed by atoms with E-state index in [1.807, 2.05) is 7.05 Å². The van der Waals surface area contributed by atoms with E-state index in [1.165, 1.54) is 67.3 Å². The van der Waals surface area contributed by atoms with E-state index in [1.54, 1.807) is 0 Å². The van der Waals surface area contributed by atoms with Crippen LogP contribution < -0.4 is 15.4 Å². The number of amides is 1. The van der Waals surface area contributed by atoms with Crippen molar-refractivity contribution in [3.8, 4) is 17.0 Å². The summed E-state index contributed by atoms with van der Waals surface area (Å²) in [6.45, 7) is 15.6. The van der Waals surface area contributed by atoms with Crippen LogP contribution in [0.5, 0.6) is 5.75 Å². The van der Waals surface area contributed by atoms with Gasteiger partial charge in [-0.05, 0) is 95.0 Å². The van der Waals surface area contributed by atoms with E-state index in [2.05, 4.69) is 74.9 Å². The molecule has 2 N–H and O–H groups in total. The van der Waals surface area contributed by atoms with Crippen molar-refractivity contribution < 1.29 is 9.53 Å². The summed E-state index contributed by atoms with van der Waals surface area (Å²) in [5.41, 5.74) is 7.10. The van der Waals surface area contributed by atoms with Crippen LogP contribution in [-0.2, 0) is 17.4 Å². The third-order valence-corrected chi connectivity index (χ3v) is 9.59. The molecule has 0 radical (unpaired) electrons. The molecule has 0 atom stereocenters. The highest BCUT2D eigenvalue weighted by atomic mass is 16.5. The Bertz CT molecular complexity index is 1170. The monoisotopic (exact) mass is 519 g/mol. The summed E-state index contributed by atoms with van der Waals surface area (Å²) in [5, 5.41) is 6.49. The maximum Gasteiger partial charge on any atom is 0.253 e. The van der Waals surface area contributed by atoms with Crippen LogP contribution in [0.1, 0.15) is 113 Å². The number of carbonyl (C=O) groups excluding carboxylic acids is 1. The highest BCUT2D eigenvalue weighted by molar-refractivity contribution is 5.97. The van der Waals surface area contributed by atoms with E-state index in [4.69, 9.17) is 4.74 Å². The van der Waals surface area contributed by atoms with Crippen molar-refractivity contribution in [2.45, 2.75) is 116 Å². The Morgan fingerprint density at radius 3 is 2.39 bits per heavy atom. The number of carbonyl (C=O) groups is 1. The van der Waals surface area contributed by atoms with Crippen molar-refractivity contribution in [3.63, 3.8) is 0 Å². The molecule has 3 aliphatic rings. The summed E-state index contributed by atoms with van der Waals surface area (Å²) in [6, 6.07) is 6.93. The van der Waals surface area contributed by atoms with Gasteiger partial charge in [-0.2, -0.15) is 0 Å². The number of likely N-dealkylation sites (N-methyl/N-ethyl adjacent to an activating group) is 1. The van der Waals surface area contributed by atoms with Crippen molar-refractivity contribution in [1.82, 2.24) is 15.2 Å². The molecule has 1 amide bonds. The summed E-state index contributed by atoms with van der Waals surface area (Å²) >= 11 is 0. The number of benzene rings is 1. The molecule has 0 bridgehead atoms. The second-order valence-electron chi connectivity index (χ2n) is 14.0. The smallest absolute Gasteiger partial charge is 0.253 e. The minimum absolute atomic E-state index is 0.0190. The van der Waals surface area contributed by atoms with E-state index in [-0.39, 0.29) is 16.9 Å². The Morgan fingerprint density at radius 1 is 1.05 bits per heavy atom. The molecule has 1 aromatic heterocycles. The van der Waals surface area contributed by atoms with Gasteiger partial charge in [0.25, 0.3) is 5.91 Å². The van der Waals surface area contributed by atoms with Crippen LogP contribution >= 0.6 is 0 Å². The van der Waals surface area contributed by atoms with Gasteiger partial charge in [0, 0.05) is 46.6 Å². The van der Waals surface area contributed by atoms with Gasteiger partial charge in [-0.3, -0.25) is 4.79 Å². The van der Waals surface area contributed by atoms with Gasteiger partial charge < -0.3 is 19.9 Å². The molecule has 208 valence electrons. The van der Waals surface area contributed by atoms with Crippen molar-refractivity contribution in [3.05, 3.63) is 40.6 Å². The van der Waals surface area contributed by atoms with Crippen LogP contribution in [0.15, 0.2) is 18.2 Å². The van der Waals surface area contributed by atoms with Crippen LogP contribution in [0.2, 0.25) is 0 Å². The lowest BCUT2D eigenvalue weighted by Crippen LogP contribution is -2.47. The lowest BCUT2D eigenvalue weighted by molar-refractivity contribution is 0.0942. The Kier molecular flexibility index (Phi) is 7.21. The zero-order chi connectivity index (χ0) is 27.3. The minimum Gasteiger partial charge on any atom is -0.493 e. The molecule has 2 aliphatic carbocycles. The SMILES string of the molecule is CNC(C)(C)CNC(=O)c1cc(-c2cc(C(C)(C)C)c3c(c2)C2(CCO3)CC2)n(CC2CCCCC2)c1C. The van der Waals surface area contributed by atoms with E-state index in [0.29, 0.717) is 17.9 Å². The van der Waals surface area contributed by atoms with Crippen molar-refractivity contribution in [1.29, 1.82) is 0 Å². The number of nitrogens with zero attached hydrogens (tertiary/aromatic N) is 1. The Labute approximate surface area is 230 Å². The number of rotatable bonds is 7. The molecule has 2 saturated carbocycles. The standard InChI is InChI=1S/C33H49N3O2/c1-22-25(30(37)35-21-32(5,6)34-7)19-28(36(22)20-23-11-9-8-10-12-23)24-17-26(31(2,3)4)29-27(18-24)33(13-14-33)15-16-38-29/h17-19,23,34H,8-16,20-21H2,1-7H3,(H,35,37). The lowest BCUT2D eigenvalue weighted by Gasteiger charge is -2.33. The van der Waals surface area contributed by atoms with Gasteiger partial charge in [0.15, 0.2) is 0 Å². The molecule has 2 fully saturated rings. The van der Waals surface area contributed by atoms with Gasteiger partial charge in [0.1, 0.15) is 5.75 Å². The van der Waals surface area contributed by atoms with E-state index >= 15 is 0 Å². The van der Waals surface area contributed by atoms with E-state index in [0.717, 1.165) is 36.6 Å². The number of nitrogens with one attached hydrogen (secondary N) is 2. The van der Waals surface area contributed by atoms with E-state index in [9.17, 15) is 4.79 Å². The number of ether oxygens (including phenoxy) is 1. The summed E-state index contributed by atoms with van der Waals surface area (Å²) in [4.78, 5) is 13.5. The quantitative estimate of drug-likeness (QED) is 0.419. The summed E-state index contributed by atoms with van der Waals surface area (Å²) < 4.78 is 8.83. The summed E-state index contributed by atoms with van der Waals surface area (Å²) in [6.07, 6.45) is 10.2. The first-order valence-corrected chi connectivity index (χ1v) is 14.9. The molecule has 1 aromatic carbocycles. The van der Waals surface area contributed by atoms with Gasteiger partial charge >= 0.3 is 0 Å². The molecule has 5 nitrogen and oxygen atoms in total. The maximum atomic E-state index is 13.5. The highest BCUT2D eigenvalue weighted by Gasteiger charge is 2.49. The molecule has 2 heterocycles. The number of hydrogen-bond acceptors (Lipinski definition) is 3. The molecular weight excluding hydrogens is 470 g/mol. The number of fused-ring (bicyclic) bond motifs is 2. The molecule has 5 rings (SSSR count). The maximum absolute atomic E-state index is 13.5.